The quantitative estimate of drug-likeness (QED) is 0.778. The average Bonchev–Trinajstić information content (AvgIpc) is 2.36. The molecule has 0 saturated heterocycles. The SMILES string of the molecule is Cc1ccc(C)c(Sc2c(C)cccc2C#N)c1. The molecule has 0 amide bonds. The number of benzene rings is 2. The Morgan fingerprint density at radius 1 is 1.00 bits per heavy atom. The molecule has 0 unspecified atom stereocenters. The van der Waals surface area contributed by atoms with Crippen molar-refractivity contribution in [2.24, 2.45) is 0 Å². The molecule has 0 saturated carbocycles. The lowest BCUT2D eigenvalue weighted by Crippen LogP contribution is -1.88. The lowest BCUT2D eigenvalue weighted by molar-refractivity contribution is 1.22. The third-order valence-electron chi connectivity index (χ3n) is 2.89. The second kappa shape index (κ2) is 5.29. The van der Waals surface area contributed by atoms with Crippen molar-refractivity contribution in [2.45, 2.75) is 30.6 Å². The second-order valence-corrected chi connectivity index (χ2v) is 5.49. The van der Waals surface area contributed by atoms with Crippen LogP contribution in [0.3, 0.4) is 0 Å². The van der Waals surface area contributed by atoms with Crippen LogP contribution in [0.4, 0.5) is 0 Å². The zero-order valence-corrected chi connectivity index (χ0v) is 11.6. The molecular weight excluding hydrogens is 238 g/mol. The summed E-state index contributed by atoms with van der Waals surface area (Å²) in [4.78, 5) is 2.29. The summed E-state index contributed by atoms with van der Waals surface area (Å²) in [6, 6.07) is 14.5. The van der Waals surface area contributed by atoms with Crippen LogP contribution in [0.15, 0.2) is 46.2 Å². The molecular formula is C16H15NS. The molecule has 18 heavy (non-hydrogen) atoms. The molecule has 2 aromatic carbocycles. The largest absolute Gasteiger partial charge is 0.192 e. The van der Waals surface area contributed by atoms with Crippen LogP contribution in [-0.4, -0.2) is 0 Å². The molecule has 2 rings (SSSR count). The number of nitriles is 1. The first kappa shape index (κ1) is 12.7. The fourth-order valence-electron chi connectivity index (χ4n) is 1.80. The van der Waals surface area contributed by atoms with Crippen molar-refractivity contribution in [3.63, 3.8) is 0 Å². The molecule has 0 N–H and O–H groups in total. The van der Waals surface area contributed by atoms with Gasteiger partial charge in [0.1, 0.15) is 6.07 Å². The van der Waals surface area contributed by atoms with Crippen LogP contribution in [-0.2, 0) is 0 Å². The molecule has 0 bridgehead atoms. The van der Waals surface area contributed by atoms with E-state index in [9.17, 15) is 5.26 Å². The van der Waals surface area contributed by atoms with Crippen LogP contribution in [0, 0.1) is 32.1 Å². The zero-order chi connectivity index (χ0) is 13.1. The van der Waals surface area contributed by atoms with Gasteiger partial charge in [-0.15, -0.1) is 0 Å². The molecule has 0 spiro atoms. The van der Waals surface area contributed by atoms with Gasteiger partial charge in [0.25, 0.3) is 0 Å². The number of rotatable bonds is 2. The predicted molar refractivity (Wildman–Crippen MR) is 75.9 cm³/mol. The lowest BCUT2D eigenvalue weighted by Gasteiger charge is -2.10. The van der Waals surface area contributed by atoms with Crippen LogP contribution < -0.4 is 0 Å². The molecule has 0 aliphatic carbocycles. The minimum atomic E-state index is 0.751. The van der Waals surface area contributed by atoms with Gasteiger partial charge in [0.15, 0.2) is 0 Å². The first-order valence-corrected chi connectivity index (χ1v) is 6.68. The molecule has 0 aliphatic rings. The fraction of sp³-hybridized carbons (Fsp3) is 0.188. The molecule has 0 radical (unpaired) electrons. The van der Waals surface area contributed by atoms with E-state index in [0.717, 1.165) is 16.0 Å². The van der Waals surface area contributed by atoms with Gasteiger partial charge >= 0.3 is 0 Å². The average molecular weight is 253 g/mol. The normalized spacial score (nSPS) is 10.1. The van der Waals surface area contributed by atoms with E-state index < -0.39 is 0 Å². The Labute approximate surface area is 112 Å². The topological polar surface area (TPSA) is 23.8 Å². The smallest absolute Gasteiger partial charge is 0.100 e. The van der Waals surface area contributed by atoms with E-state index in [1.165, 1.54) is 16.0 Å². The lowest BCUT2D eigenvalue weighted by atomic mass is 10.1. The molecule has 2 aromatic rings. The number of hydrogen-bond donors (Lipinski definition) is 0. The second-order valence-electron chi connectivity index (χ2n) is 4.43. The van der Waals surface area contributed by atoms with Crippen molar-refractivity contribution in [2.75, 3.05) is 0 Å². The summed E-state index contributed by atoms with van der Waals surface area (Å²) in [6.45, 7) is 6.24. The van der Waals surface area contributed by atoms with E-state index in [-0.39, 0.29) is 0 Å². The minimum absolute atomic E-state index is 0.751. The highest BCUT2D eigenvalue weighted by molar-refractivity contribution is 7.99. The first-order chi connectivity index (χ1) is 8.61. The molecule has 1 nitrogen and oxygen atoms in total. The minimum Gasteiger partial charge on any atom is -0.192 e. The van der Waals surface area contributed by atoms with Gasteiger partial charge in [-0.25, -0.2) is 0 Å². The molecule has 0 fully saturated rings. The standard InChI is InChI=1S/C16H15NS/c1-11-7-8-12(2)15(9-11)18-16-13(3)5-4-6-14(16)10-17/h4-9H,1-3H3. The Kier molecular flexibility index (Phi) is 3.74. The van der Waals surface area contributed by atoms with Crippen LogP contribution in [0.5, 0.6) is 0 Å². The summed E-state index contributed by atoms with van der Waals surface area (Å²) in [7, 11) is 0. The Hall–Kier alpha value is -1.72. The molecule has 90 valence electrons. The predicted octanol–water partition coefficient (Wildman–Crippen LogP) is 4.63. The summed E-state index contributed by atoms with van der Waals surface area (Å²) in [6.07, 6.45) is 0. The van der Waals surface area contributed by atoms with Gasteiger partial charge in [0.2, 0.25) is 0 Å². The van der Waals surface area contributed by atoms with E-state index in [1.807, 2.05) is 25.1 Å². The Morgan fingerprint density at radius 2 is 1.78 bits per heavy atom. The molecule has 0 aliphatic heterocycles. The number of hydrogen-bond acceptors (Lipinski definition) is 2. The Bertz CT molecular complexity index is 623. The van der Waals surface area contributed by atoms with Gasteiger partial charge in [-0.1, -0.05) is 36.0 Å². The van der Waals surface area contributed by atoms with Crippen LogP contribution in [0.2, 0.25) is 0 Å². The Morgan fingerprint density at radius 3 is 2.50 bits per heavy atom. The van der Waals surface area contributed by atoms with E-state index in [1.54, 1.807) is 11.8 Å². The highest BCUT2D eigenvalue weighted by Crippen LogP contribution is 2.35. The summed E-state index contributed by atoms with van der Waals surface area (Å²) in [5.41, 5.74) is 4.40. The van der Waals surface area contributed by atoms with Crippen molar-refractivity contribution < 1.29 is 0 Å². The van der Waals surface area contributed by atoms with Crippen molar-refractivity contribution >= 4 is 11.8 Å². The fourth-order valence-corrected chi connectivity index (χ4v) is 2.95. The highest BCUT2D eigenvalue weighted by atomic mass is 32.2. The highest BCUT2D eigenvalue weighted by Gasteiger charge is 2.09. The van der Waals surface area contributed by atoms with E-state index in [4.69, 9.17) is 0 Å². The van der Waals surface area contributed by atoms with Gasteiger partial charge in [-0.3, -0.25) is 0 Å². The molecule has 0 atom stereocenters. The summed E-state index contributed by atoms with van der Waals surface area (Å²) >= 11 is 1.68. The first-order valence-electron chi connectivity index (χ1n) is 5.86. The Balaban J connectivity index is 2.46. The number of nitrogens with zero attached hydrogens (tertiary/aromatic N) is 1. The van der Waals surface area contributed by atoms with E-state index >= 15 is 0 Å². The van der Waals surface area contributed by atoms with Crippen molar-refractivity contribution in [1.82, 2.24) is 0 Å². The maximum Gasteiger partial charge on any atom is 0.100 e. The van der Waals surface area contributed by atoms with Crippen LogP contribution in [0.25, 0.3) is 0 Å². The van der Waals surface area contributed by atoms with Crippen molar-refractivity contribution in [3.8, 4) is 6.07 Å². The zero-order valence-electron chi connectivity index (χ0n) is 10.8. The van der Waals surface area contributed by atoms with Crippen LogP contribution >= 0.6 is 11.8 Å². The third kappa shape index (κ3) is 2.57. The molecule has 0 heterocycles. The summed E-state index contributed by atoms with van der Waals surface area (Å²) in [5.74, 6) is 0. The summed E-state index contributed by atoms with van der Waals surface area (Å²) in [5, 5.41) is 9.18. The third-order valence-corrected chi connectivity index (χ3v) is 4.29. The monoisotopic (exact) mass is 253 g/mol. The van der Waals surface area contributed by atoms with Crippen molar-refractivity contribution in [3.05, 3.63) is 58.7 Å². The number of aryl methyl sites for hydroxylation is 3. The summed E-state index contributed by atoms with van der Waals surface area (Å²) < 4.78 is 0. The van der Waals surface area contributed by atoms with Gasteiger partial charge in [0, 0.05) is 9.79 Å². The van der Waals surface area contributed by atoms with Crippen LogP contribution in [0.1, 0.15) is 22.3 Å². The maximum atomic E-state index is 9.18. The van der Waals surface area contributed by atoms with Crippen molar-refractivity contribution in [1.29, 1.82) is 5.26 Å². The maximum absolute atomic E-state index is 9.18. The van der Waals surface area contributed by atoms with Gasteiger partial charge < -0.3 is 0 Å². The van der Waals surface area contributed by atoms with Gasteiger partial charge in [0.05, 0.1) is 5.56 Å². The molecule has 0 aromatic heterocycles. The van der Waals surface area contributed by atoms with Gasteiger partial charge in [-0.2, -0.15) is 5.26 Å². The van der Waals surface area contributed by atoms with E-state index in [0.29, 0.717) is 0 Å². The van der Waals surface area contributed by atoms with E-state index in [2.05, 4.69) is 38.1 Å². The van der Waals surface area contributed by atoms with Gasteiger partial charge in [-0.05, 0) is 49.6 Å². The molecule has 2 heteroatoms.